The van der Waals surface area contributed by atoms with Crippen LogP contribution in [-0.4, -0.2) is 23.9 Å². The first kappa shape index (κ1) is 11.1. The molecular formula is C13H16N4O. The fourth-order valence-corrected chi connectivity index (χ4v) is 2.50. The Hall–Kier alpha value is -2.04. The van der Waals surface area contributed by atoms with E-state index in [1.807, 2.05) is 19.1 Å². The number of rotatable bonds is 2. The number of furan rings is 1. The Morgan fingerprint density at radius 2 is 2.11 bits per heavy atom. The highest BCUT2D eigenvalue weighted by Crippen LogP contribution is 2.34. The van der Waals surface area contributed by atoms with E-state index >= 15 is 0 Å². The fourth-order valence-electron chi connectivity index (χ4n) is 2.50. The minimum atomic E-state index is -0.0347. The zero-order valence-electron chi connectivity index (χ0n) is 10.4. The van der Waals surface area contributed by atoms with Crippen LogP contribution in [0, 0.1) is 12.3 Å². The third-order valence-corrected chi connectivity index (χ3v) is 3.34. The van der Waals surface area contributed by atoms with Crippen molar-refractivity contribution in [1.29, 1.82) is 5.41 Å². The minimum Gasteiger partial charge on any atom is -0.432 e. The number of aryl methyl sites for hydroxylation is 1. The molecule has 94 valence electrons. The average molecular weight is 244 g/mol. The van der Waals surface area contributed by atoms with Gasteiger partial charge in [0, 0.05) is 18.8 Å². The monoisotopic (exact) mass is 244 g/mol. The molecule has 2 aromatic heterocycles. The van der Waals surface area contributed by atoms with E-state index in [4.69, 9.17) is 15.6 Å². The van der Waals surface area contributed by atoms with Gasteiger partial charge >= 0.3 is 0 Å². The summed E-state index contributed by atoms with van der Waals surface area (Å²) >= 11 is 0. The summed E-state index contributed by atoms with van der Waals surface area (Å²) in [4.78, 5) is 6.60. The summed E-state index contributed by atoms with van der Waals surface area (Å²) in [6, 6.07) is 3.96. The minimum absolute atomic E-state index is 0.0347. The number of aromatic nitrogens is 1. The average Bonchev–Trinajstić information content (AvgIpc) is 2.92. The third-order valence-electron chi connectivity index (χ3n) is 3.34. The lowest BCUT2D eigenvalue weighted by atomic mass is 10.2. The highest BCUT2D eigenvalue weighted by molar-refractivity contribution is 6.06. The number of nitrogens with zero attached hydrogens (tertiary/aromatic N) is 2. The molecule has 0 saturated carbocycles. The Kier molecular flexibility index (Phi) is 2.47. The van der Waals surface area contributed by atoms with Crippen molar-refractivity contribution in [2.24, 2.45) is 5.73 Å². The molecule has 18 heavy (non-hydrogen) atoms. The van der Waals surface area contributed by atoms with Crippen LogP contribution in [-0.2, 0) is 0 Å². The molecule has 0 radical (unpaired) electrons. The normalized spacial score (nSPS) is 15.5. The second kappa shape index (κ2) is 4.01. The van der Waals surface area contributed by atoms with Gasteiger partial charge in [-0.3, -0.25) is 5.41 Å². The molecule has 0 aliphatic carbocycles. The van der Waals surface area contributed by atoms with Gasteiger partial charge in [0.25, 0.3) is 0 Å². The topological polar surface area (TPSA) is 79.1 Å². The van der Waals surface area contributed by atoms with Crippen LogP contribution in [0.25, 0.3) is 11.1 Å². The Morgan fingerprint density at radius 3 is 2.78 bits per heavy atom. The van der Waals surface area contributed by atoms with E-state index in [1.165, 1.54) is 12.8 Å². The zero-order chi connectivity index (χ0) is 12.7. The standard InChI is InChI=1S/C13H16N4O/c1-8-4-5-9-10(17-6-2-3-7-17)11(12(14)15)18-13(9)16-8/h4-5H,2-3,6-7H2,1H3,(H3,14,15). The van der Waals surface area contributed by atoms with Gasteiger partial charge in [-0.25, -0.2) is 4.98 Å². The Morgan fingerprint density at radius 1 is 1.39 bits per heavy atom. The van der Waals surface area contributed by atoms with Gasteiger partial charge in [-0.2, -0.15) is 0 Å². The van der Waals surface area contributed by atoms with Gasteiger partial charge in [0.15, 0.2) is 11.6 Å². The van der Waals surface area contributed by atoms with Crippen LogP contribution in [0.3, 0.4) is 0 Å². The van der Waals surface area contributed by atoms with Gasteiger partial charge in [-0.15, -0.1) is 0 Å². The largest absolute Gasteiger partial charge is 0.432 e. The Labute approximate surface area is 105 Å². The lowest BCUT2D eigenvalue weighted by molar-refractivity contribution is 0.589. The molecule has 0 atom stereocenters. The second-order valence-electron chi connectivity index (χ2n) is 4.69. The van der Waals surface area contributed by atoms with Crippen molar-refractivity contribution in [3.8, 4) is 0 Å². The summed E-state index contributed by atoms with van der Waals surface area (Å²) in [5.74, 6) is 0.414. The van der Waals surface area contributed by atoms with Crippen LogP contribution < -0.4 is 10.6 Å². The summed E-state index contributed by atoms with van der Waals surface area (Å²) in [7, 11) is 0. The van der Waals surface area contributed by atoms with E-state index in [9.17, 15) is 0 Å². The lowest BCUT2D eigenvalue weighted by Gasteiger charge is -2.17. The molecule has 0 spiro atoms. The number of nitrogens with two attached hydrogens (primary N) is 1. The zero-order valence-corrected chi connectivity index (χ0v) is 10.4. The number of anilines is 1. The summed E-state index contributed by atoms with van der Waals surface area (Å²) < 4.78 is 5.65. The van der Waals surface area contributed by atoms with Crippen LogP contribution in [0.15, 0.2) is 16.5 Å². The maximum absolute atomic E-state index is 7.66. The fraction of sp³-hybridized carbons (Fsp3) is 0.385. The summed E-state index contributed by atoms with van der Waals surface area (Å²) in [5, 5.41) is 8.61. The van der Waals surface area contributed by atoms with Crippen molar-refractivity contribution in [1.82, 2.24) is 4.98 Å². The van der Waals surface area contributed by atoms with Crippen LogP contribution in [0.2, 0.25) is 0 Å². The molecule has 5 nitrogen and oxygen atoms in total. The van der Waals surface area contributed by atoms with E-state index in [-0.39, 0.29) is 5.84 Å². The predicted octanol–water partition coefficient (Wildman–Crippen LogP) is 2.02. The molecular weight excluding hydrogens is 228 g/mol. The quantitative estimate of drug-likeness (QED) is 0.625. The maximum atomic E-state index is 7.66. The highest BCUT2D eigenvalue weighted by Gasteiger charge is 2.24. The molecule has 1 saturated heterocycles. The first-order valence-corrected chi connectivity index (χ1v) is 6.16. The van der Waals surface area contributed by atoms with Gasteiger partial charge in [0.2, 0.25) is 5.71 Å². The van der Waals surface area contributed by atoms with Gasteiger partial charge in [-0.1, -0.05) is 0 Å². The Bertz CT molecular complexity index is 611. The number of pyridine rings is 1. The van der Waals surface area contributed by atoms with Crippen molar-refractivity contribution in [2.75, 3.05) is 18.0 Å². The van der Waals surface area contributed by atoms with Crippen molar-refractivity contribution in [2.45, 2.75) is 19.8 Å². The molecule has 0 bridgehead atoms. The first-order chi connectivity index (χ1) is 8.66. The number of hydrogen-bond donors (Lipinski definition) is 2. The van der Waals surface area contributed by atoms with E-state index < -0.39 is 0 Å². The molecule has 0 aromatic carbocycles. The number of fused-ring (bicyclic) bond motifs is 1. The second-order valence-corrected chi connectivity index (χ2v) is 4.69. The molecule has 3 rings (SSSR count). The number of nitrogens with one attached hydrogen (secondary N) is 1. The van der Waals surface area contributed by atoms with E-state index in [1.54, 1.807) is 0 Å². The molecule has 0 amide bonds. The van der Waals surface area contributed by atoms with Crippen LogP contribution >= 0.6 is 0 Å². The molecule has 3 heterocycles. The molecule has 2 aromatic rings. The smallest absolute Gasteiger partial charge is 0.229 e. The molecule has 5 heteroatoms. The molecule has 0 unspecified atom stereocenters. The van der Waals surface area contributed by atoms with E-state index in [0.717, 1.165) is 29.9 Å². The van der Waals surface area contributed by atoms with E-state index in [0.29, 0.717) is 11.5 Å². The van der Waals surface area contributed by atoms with Gasteiger partial charge in [0.05, 0.1) is 11.1 Å². The molecule has 3 N–H and O–H groups in total. The summed E-state index contributed by atoms with van der Waals surface area (Å²) in [6.45, 7) is 3.90. The van der Waals surface area contributed by atoms with Crippen molar-refractivity contribution in [3.05, 3.63) is 23.6 Å². The summed E-state index contributed by atoms with van der Waals surface area (Å²) in [6.07, 6.45) is 2.34. The van der Waals surface area contributed by atoms with Gasteiger partial charge in [-0.05, 0) is 31.9 Å². The lowest BCUT2D eigenvalue weighted by Crippen LogP contribution is -2.21. The Balaban J connectivity index is 2.24. The number of hydrogen-bond acceptors (Lipinski definition) is 4. The van der Waals surface area contributed by atoms with Gasteiger partial charge < -0.3 is 15.1 Å². The first-order valence-electron chi connectivity index (χ1n) is 6.16. The molecule has 1 aliphatic rings. The number of amidine groups is 1. The molecule has 1 fully saturated rings. The van der Waals surface area contributed by atoms with Crippen LogP contribution in [0.5, 0.6) is 0 Å². The van der Waals surface area contributed by atoms with Gasteiger partial charge in [0.1, 0.15) is 0 Å². The summed E-state index contributed by atoms with van der Waals surface area (Å²) in [5.41, 5.74) is 8.03. The van der Waals surface area contributed by atoms with Crippen LogP contribution in [0.1, 0.15) is 24.3 Å². The SMILES string of the molecule is Cc1ccc2c(N3CCCC3)c(C(=N)N)oc2n1. The predicted molar refractivity (Wildman–Crippen MR) is 71.2 cm³/mol. The van der Waals surface area contributed by atoms with Crippen molar-refractivity contribution < 1.29 is 4.42 Å². The molecule has 1 aliphatic heterocycles. The third kappa shape index (κ3) is 1.63. The van der Waals surface area contributed by atoms with Crippen LogP contribution in [0.4, 0.5) is 5.69 Å². The van der Waals surface area contributed by atoms with Crippen molar-refractivity contribution >= 4 is 22.6 Å². The number of nitrogen functional groups attached to an aromatic ring is 1. The van der Waals surface area contributed by atoms with Crippen molar-refractivity contribution in [3.63, 3.8) is 0 Å². The highest BCUT2D eigenvalue weighted by atomic mass is 16.3. The maximum Gasteiger partial charge on any atom is 0.229 e. The van der Waals surface area contributed by atoms with E-state index in [2.05, 4.69) is 9.88 Å².